The first-order valence-corrected chi connectivity index (χ1v) is 4.60. The SMILES string of the molecule is CCn1cc(C=O)nc1SC. The number of aldehydes is 1. The molecule has 3 nitrogen and oxygen atoms in total. The molecule has 1 heterocycles. The fourth-order valence-corrected chi connectivity index (χ4v) is 1.48. The van der Waals surface area contributed by atoms with Gasteiger partial charge < -0.3 is 4.57 Å². The van der Waals surface area contributed by atoms with Crippen molar-refractivity contribution in [2.75, 3.05) is 6.26 Å². The third kappa shape index (κ3) is 1.63. The van der Waals surface area contributed by atoms with Crippen molar-refractivity contribution in [1.82, 2.24) is 9.55 Å². The average Bonchev–Trinajstić information content (AvgIpc) is 2.46. The van der Waals surface area contributed by atoms with E-state index in [9.17, 15) is 4.79 Å². The number of thioether (sulfide) groups is 1. The molecule has 0 aliphatic heterocycles. The first-order chi connectivity index (χ1) is 5.31. The molecule has 0 radical (unpaired) electrons. The summed E-state index contributed by atoms with van der Waals surface area (Å²) in [5.41, 5.74) is 0.510. The summed E-state index contributed by atoms with van der Waals surface area (Å²) in [5, 5.41) is 0.898. The van der Waals surface area contributed by atoms with Gasteiger partial charge in [-0.25, -0.2) is 4.98 Å². The van der Waals surface area contributed by atoms with E-state index in [1.54, 1.807) is 18.0 Å². The first-order valence-electron chi connectivity index (χ1n) is 3.38. The van der Waals surface area contributed by atoms with Crippen LogP contribution in [0.5, 0.6) is 0 Å². The Morgan fingerprint density at radius 2 is 2.55 bits per heavy atom. The van der Waals surface area contributed by atoms with Crippen LogP contribution in [0.4, 0.5) is 0 Å². The van der Waals surface area contributed by atoms with Gasteiger partial charge in [-0.15, -0.1) is 0 Å². The minimum absolute atomic E-state index is 0.510. The molecule has 1 rings (SSSR count). The van der Waals surface area contributed by atoms with E-state index in [0.29, 0.717) is 5.69 Å². The zero-order valence-corrected chi connectivity index (χ0v) is 7.39. The quantitative estimate of drug-likeness (QED) is 0.508. The Kier molecular flexibility index (Phi) is 2.70. The van der Waals surface area contributed by atoms with Gasteiger partial charge in [0.1, 0.15) is 5.69 Å². The molecule has 4 heteroatoms. The van der Waals surface area contributed by atoms with Crippen LogP contribution in [-0.2, 0) is 6.54 Å². The zero-order valence-electron chi connectivity index (χ0n) is 6.57. The highest BCUT2D eigenvalue weighted by molar-refractivity contribution is 7.98. The number of nitrogens with zero attached hydrogens (tertiary/aromatic N) is 2. The van der Waals surface area contributed by atoms with Crippen LogP contribution in [0.3, 0.4) is 0 Å². The van der Waals surface area contributed by atoms with Crippen LogP contribution in [-0.4, -0.2) is 22.1 Å². The first kappa shape index (κ1) is 8.33. The molecule has 11 heavy (non-hydrogen) atoms. The van der Waals surface area contributed by atoms with Crippen LogP contribution in [0.15, 0.2) is 11.4 Å². The van der Waals surface area contributed by atoms with Crippen molar-refractivity contribution in [3.05, 3.63) is 11.9 Å². The third-order valence-electron chi connectivity index (χ3n) is 1.40. The van der Waals surface area contributed by atoms with Gasteiger partial charge in [-0.3, -0.25) is 4.79 Å². The molecule has 0 saturated carbocycles. The molecule has 60 valence electrons. The lowest BCUT2D eigenvalue weighted by Crippen LogP contribution is -1.92. The topological polar surface area (TPSA) is 34.9 Å². The van der Waals surface area contributed by atoms with E-state index in [4.69, 9.17) is 0 Å². The van der Waals surface area contributed by atoms with Crippen molar-refractivity contribution in [3.63, 3.8) is 0 Å². The van der Waals surface area contributed by atoms with Crippen LogP contribution in [0.1, 0.15) is 17.4 Å². The predicted molar refractivity (Wildman–Crippen MR) is 45.1 cm³/mol. The molecule has 0 unspecified atom stereocenters. The molecule has 0 aliphatic rings. The summed E-state index contributed by atoms with van der Waals surface area (Å²) in [6.45, 7) is 2.88. The molecule has 0 aromatic carbocycles. The van der Waals surface area contributed by atoms with Crippen LogP contribution in [0.25, 0.3) is 0 Å². The lowest BCUT2D eigenvalue weighted by Gasteiger charge is -1.98. The van der Waals surface area contributed by atoms with E-state index in [2.05, 4.69) is 4.98 Å². The molecule has 0 bridgehead atoms. The van der Waals surface area contributed by atoms with E-state index in [0.717, 1.165) is 18.0 Å². The maximum Gasteiger partial charge on any atom is 0.170 e. The van der Waals surface area contributed by atoms with Gasteiger partial charge in [0.2, 0.25) is 0 Å². The number of carbonyl (C=O) groups is 1. The number of aromatic nitrogens is 2. The summed E-state index contributed by atoms with van der Waals surface area (Å²) in [4.78, 5) is 14.4. The van der Waals surface area contributed by atoms with E-state index in [1.165, 1.54) is 0 Å². The fourth-order valence-electron chi connectivity index (χ4n) is 0.865. The van der Waals surface area contributed by atoms with Gasteiger partial charge in [-0.2, -0.15) is 0 Å². The number of imidazole rings is 1. The molecule has 0 aliphatic carbocycles. The Balaban J connectivity index is 3.01. The number of rotatable bonds is 3. The minimum atomic E-state index is 0.510. The maximum atomic E-state index is 10.3. The Hall–Kier alpha value is -0.770. The zero-order chi connectivity index (χ0) is 8.27. The normalized spacial score (nSPS) is 10.0. The smallest absolute Gasteiger partial charge is 0.170 e. The predicted octanol–water partition coefficient (Wildman–Crippen LogP) is 1.44. The Bertz CT molecular complexity index is 235. The second kappa shape index (κ2) is 3.57. The van der Waals surface area contributed by atoms with Gasteiger partial charge in [-0.1, -0.05) is 11.8 Å². The second-order valence-corrected chi connectivity index (χ2v) is 2.83. The van der Waals surface area contributed by atoms with Gasteiger partial charge >= 0.3 is 0 Å². The van der Waals surface area contributed by atoms with Gasteiger partial charge in [0.25, 0.3) is 0 Å². The Morgan fingerprint density at radius 3 is 2.91 bits per heavy atom. The van der Waals surface area contributed by atoms with Gasteiger partial charge in [0.15, 0.2) is 11.4 Å². The molecular weight excluding hydrogens is 160 g/mol. The molecule has 1 aromatic rings. The monoisotopic (exact) mass is 170 g/mol. The van der Waals surface area contributed by atoms with Gasteiger partial charge in [0.05, 0.1) is 0 Å². The van der Waals surface area contributed by atoms with Crippen molar-refractivity contribution < 1.29 is 4.79 Å². The van der Waals surface area contributed by atoms with Crippen LogP contribution >= 0.6 is 11.8 Å². The second-order valence-electron chi connectivity index (χ2n) is 2.06. The number of hydrogen-bond donors (Lipinski definition) is 0. The average molecular weight is 170 g/mol. The molecule has 0 fully saturated rings. The largest absolute Gasteiger partial charge is 0.326 e. The molecule has 0 N–H and O–H groups in total. The van der Waals surface area contributed by atoms with Crippen LogP contribution < -0.4 is 0 Å². The minimum Gasteiger partial charge on any atom is -0.326 e. The van der Waals surface area contributed by atoms with Crippen molar-refractivity contribution in [2.45, 2.75) is 18.6 Å². The van der Waals surface area contributed by atoms with E-state index >= 15 is 0 Å². The van der Waals surface area contributed by atoms with Crippen molar-refractivity contribution >= 4 is 18.0 Å². The highest BCUT2D eigenvalue weighted by Gasteiger charge is 2.03. The van der Waals surface area contributed by atoms with Crippen molar-refractivity contribution in [1.29, 1.82) is 0 Å². The Morgan fingerprint density at radius 1 is 1.82 bits per heavy atom. The van der Waals surface area contributed by atoms with Gasteiger partial charge in [0, 0.05) is 12.7 Å². The fraction of sp³-hybridized carbons (Fsp3) is 0.429. The summed E-state index contributed by atoms with van der Waals surface area (Å²) in [7, 11) is 0. The summed E-state index contributed by atoms with van der Waals surface area (Å²) in [6.07, 6.45) is 4.48. The van der Waals surface area contributed by atoms with Crippen LogP contribution in [0.2, 0.25) is 0 Å². The lowest BCUT2D eigenvalue weighted by atomic mass is 10.5. The molecule has 0 saturated heterocycles. The maximum absolute atomic E-state index is 10.3. The summed E-state index contributed by atoms with van der Waals surface area (Å²) >= 11 is 1.55. The van der Waals surface area contributed by atoms with Crippen molar-refractivity contribution in [2.24, 2.45) is 0 Å². The number of aryl methyl sites for hydroxylation is 1. The molecular formula is C7H10N2OS. The van der Waals surface area contributed by atoms with E-state index < -0.39 is 0 Å². The van der Waals surface area contributed by atoms with Crippen molar-refractivity contribution in [3.8, 4) is 0 Å². The number of hydrogen-bond acceptors (Lipinski definition) is 3. The molecule has 1 aromatic heterocycles. The summed E-state index contributed by atoms with van der Waals surface area (Å²) < 4.78 is 1.95. The molecule has 0 atom stereocenters. The molecule has 0 spiro atoms. The molecule has 0 amide bonds. The summed E-state index contributed by atoms with van der Waals surface area (Å²) in [5.74, 6) is 0. The number of carbonyl (C=O) groups excluding carboxylic acids is 1. The van der Waals surface area contributed by atoms with Gasteiger partial charge in [-0.05, 0) is 13.2 Å². The standard InChI is InChI=1S/C7H10N2OS/c1-3-9-4-6(5-10)8-7(9)11-2/h4-5H,3H2,1-2H3. The third-order valence-corrected chi connectivity index (χ3v) is 2.09. The Labute approximate surface area is 69.8 Å². The highest BCUT2D eigenvalue weighted by atomic mass is 32.2. The van der Waals surface area contributed by atoms with E-state index in [1.807, 2.05) is 17.7 Å². The van der Waals surface area contributed by atoms with Crippen LogP contribution in [0, 0.1) is 0 Å². The lowest BCUT2D eigenvalue weighted by molar-refractivity contribution is 0.111. The summed E-state index contributed by atoms with van der Waals surface area (Å²) in [6, 6.07) is 0. The van der Waals surface area contributed by atoms with E-state index in [-0.39, 0.29) is 0 Å². The highest BCUT2D eigenvalue weighted by Crippen LogP contribution is 2.12.